The van der Waals surface area contributed by atoms with Gasteiger partial charge in [-0.3, -0.25) is 0 Å². The van der Waals surface area contributed by atoms with Crippen LogP contribution >= 0.6 is 0 Å². The molecule has 0 spiro atoms. The van der Waals surface area contributed by atoms with Gasteiger partial charge < -0.3 is 19.7 Å². The highest BCUT2D eigenvalue weighted by Gasteiger charge is 2.20. The Labute approximate surface area is 114 Å². The normalized spacial score (nSPS) is 26.9. The first-order chi connectivity index (χ1) is 9.22. The summed E-state index contributed by atoms with van der Waals surface area (Å²) in [4.78, 5) is 2.47. The van der Waals surface area contributed by atoms with Crippen molar-refractivity contribution in [2.45, 2.75) is 13.8 Å². The molecule has 3 rings (SSSR count). The molecule has 4 heteroatoms. The van der Waals surface area contributed by atoms with Crippen LogP contribution in [-0.4, -0.2) is 33.0 Å². The van der Waals surface area contributed by atoms with Crippen LogP contribution in [-0.2, 0) is 0 Å². The molecule has 1 aromatic carbocycles. The lowest BCUT2D eigenvalue weighted by Gasteiger charge is -2.33. The third-order valence-electron chi connectivity index (χ3n) is 3.77. The highest BCUT2D eigenvalue weighted by Crippen LogP contribution is 2.35. The van der Waals surface area contributed by atoms with Crippen molar-refractivity contribution in [3.63, 3.8) is 0 Å². The second-order valence-corrected chi connectivity index (χ2v) is 5.81. The summed E-state index contributed by atoms with van der Waals surface area (Å²) < 4.78 is 10.9. The van der Waals surface area contributed by atoms with Crippen molar-refractivity contribution in [2.24, 2.45) is 11.8 Å². The summed E-state index contributed by atoms with van der Waals surface area (Å²) in [5, 5.41) is 3.53. The molecule has 0 aliphatic carbocycles. The molecule has 0 amide bonds. The van der Waals surface area contributed by atoms with Crippen molar-refractivity contribution in [1.29, 1.82) is 0 Å². The van der Waals surface area contributed by atoms with E-state index in [2.05, 4.69) is 36.2 Å². The van der Waals surface area contributed by atoms with Crippen LogP contribution in [0.1, 0.15) is 13.8 Å². The monoisotopic (exact) mass is 262 g/mol. The van der Waals surface area contributed by atoms with E-state index in [1.165, 1.54) is 5.69 Å². The maximum Gasteiger partial charge on any atom is 0.231 e. The van der Waals surface area contributed by atoms with Crippen LogP contribution in [0, 0.1) is 11.8 Å². The van der Waals surface area contributed by atoms with Crippen molar-refractivity contribution in [3.8, 4) is 11.5 Å². The second kappa shape index (κ2) is 5.29. The maximum absolute atomic E-state index is 5.48. The van der Waals surface area contributed by atoms with E-state index >= 15 is 0 Å². The van der Waals surface area contributed by atoms with Crippen LogP contribution < -0.4 is 19.7 Å². The van der Waals surface area contributed by atoms with Gasteiger partial charge in [-0.05, 0) is 37.1 Å². The van der Waals surface area contributed by atoms with Crippen LogP contribution in [0.15, 0.2) is 18.2 Å². The Morgan fingerprint density at radius 1 is 1.05 bits per heavy atom. The zero-order chi connectivity index (χ0) is 13.2. The Hall–Kier alpha value is -1.42. The SMILES string of the molecule is CC1CNCC(C)CN(c2ccc3c(c2)OCO3)C1. The predicted molar refractivity (Wildman–Crippen MR) is 76.0 cm³/mol. The van der Waals surface area contributed by atoms with E-state index in [4.69, 9.17) is 9.47 Å². The lowest BCUT2D eigenvalue weighted by atomic mass is 10.0. The van der Waals surface area contributed by atoms with Gasteiger partial charge in [-0.25, -0.2) is 0 Å². The Bertz CT molecular complexity index is 438. The third-order valence-corrected chi connectivity index (χ3v) is 3.77. The lowest BCUT2D eigenvalue weighted by molar-refractivity contribution is 0.174. The Morgan fingerprint density at radius 2 is 1.74 bits per heavy atom. The smallest absolute Gasteiger partial charge is 0.231 e. The molecule has 2 aliphatic heterocycles. The quantitative estimate of drug-likeness (QED) is 0.840. The second-order valence-electron chi connectivity index (χ2n) is 5.81. The predicted octanol–water partition coefficient (Wildman–Crippen LogP) is 2.10. The van der Waals surface area contributed by atoms with Gasteiger partial charge in [-0.1, -0.05) is 13.8 Å². The van der Waals surface area contributed by atoms with E-state index in [-0.39, 0.29) is 0 Å². The molecule has 0 bridgehead atoms. The number of anilines is 1. The average molecular weight is 262 g/mol. The van der Waals surface area contributed by atoms with Gasteiger partial charge in [0.05, 0.1) is 0 Å². The summed E-state index contributed by atoms with van der Waals surface area (Å²) in [6.07, 6.45) is 0. The topological polar surface area (TPSA) is 33.7 Å². The molecule has 2 unspecified atom stereocenters. The first kappa shape index (κ1) is 12.6. The minimum absolute atomic E-state index is 0.343. The highest BCUT2D eigenvalue weighted by molar-refractivity contribution is 5.57. The molecule has 0 radical (unpaired) electrons. The standard InChI is InChI=1S/C15H22N2O2/c1-11-6-16-7-12(2)9-17(8-11)13-3-4-14-15(5-13)19-10-18-14/h3-5,11-12,16H,6-10H2,1-2H3. The minimum Gasteiger partial charge on any atom is -0.454 e. The van der Waals surface area contributed by atoms with Gasteiger partial charge in [-0.2, -0.15) is 0 Å². The van der Waals surface area contributed by atoms with Crippen molar-refractivity contribution in [3.05, 3.63) is 18.2 Å². The molecule has 2 aliphatic rings. The van der Waals surface area contributed by atoms with Crippen LogP contribution in [0.4, 0.5) is 5.69 Å². The lowest BCUT2D eigenvalue weighted by Crippen LogP contribution is -2.42. The van der Waals surface area contributed by atoms with Crippen LogP contribution in [0.3, 0.4) is 0 Å². The van der Waals surface area contributed by atoms with Gasteiger partial charge in [0.15, 0.2) is 11.5 Å². The molecule has 2 heterocycles. The Kier molecular flexibility index (Phi) is 3.51. The van der Waals surface area contributed by atoms with E-state index in [1.54, 1.807) is 0 Å². The molecule has 1 N–H and O–H groups in total. The van der Waals surface area contributed by atoms with Gasteiger partial charge in [0.25, 0.3) is 0 Å². The Balaban J connectivity index is 1.81. The van der Waals surface area contributed by atoms with Gasteiger partial charge in [0, 0.05) is 24.8 Å². The molecule has 1 fully saturated rings. The average Bonchev–Trinajstić information content (AvgIpc) is 2.83. The fraction of sp³-hybridized carbons (Fsp3) is 0.600. The van der Waals surface area contributed by atoms with Gasteiger partial charge in [-0.15, -0.1) is 0 Å². The summed E-state index contributed by atoms with van der Waals surface area (Å²) in [5.74, 6) is 3.03. The Morgan fingerprint density at radius 3 is 2.47 bits per heavy atom. The zero-order valence-corrected chi connectivity index (χ0v) is 11.7. The number of rotatable bonds is 1. The summed E-state index contributed by atoms with van der Waals surface area (Å²) in [6.45, 7) is 9.27. The minimum atomic E-state index is 0.343. The molecule has 0 saturated carbocycles. The van der Waals surface area contributed by atoms with Crippen LogP contribution in [0.25, 0.3) is 0 Å². The molecule has 1 saturated heterocycles. The molecule has 0 aromatic heterocycles. The number of nitrogens with one attached hydrogen (secondary N) is 1. The van der Waals surface area contributed by atoms with E-state index in [0.29, 0.717) is 18.6 Å². The number of hydrogen-bond acceptors (Lipinski definition) is 4. The molecule has 1 aromatic rings. The number of fused-ring (bicyclic) bond motifs is 1. The van der Waals surface area contributed by atoms with Crippen molar-refractivity contribution in [1.82, 2.24) is 5.32 Å². The van der Waals surface area contributed by atoms with Gasteiger partial charge in [0.2, 0.25) is 6.79 Å². The fourth-order valence-electron chi connectivity index (χ4n) is 2.82. The third kappa shape index (κ3) is 2.78. The van der Waals surface area contributed by atoms with Crippen molar-refractivity contribution in [2.75, 3.05) is 37.9 Å². The first-order valence-corrected chi connectivity index (χ1v) is 7.07. The maximum atomic E-state index is 5.48. The number of nitrogens with zero attached hydrogens (tertiary/aromatic N) is 1. The number of benzene rings is 1. The van der Waals surface area contributed by atoms with Gasteiger partial charge in [0.1, 0.15) is 0 Å². The molecule has 2 atom stereocenters. The van der Waals surface area contributed by atoms with Crippen molar-refractivity contribution < 1.29 is 9.47 Å². The number of hydrogen-bond donors (Lipinski definition) is 1. The highest BCUT2D eigenvalue weighted by atomic mass is 16.7. The van der Waals surface area contributed by atoms with Crippen LogP contribution in [0.2, 0.25) is 0 Å². The summed E-state index contributed by atoms with van der Waals surface area (Å²) >= 11 is 0. The first-order valence-electron chi connectivity index (χ1n) is 7.07. The molecule has 4 nitrogen and oxygen atoms in total. The molecule has 104 valence electrons. The van der Waals surface area contributed by atoms with Crippen LogP contribution in [0.5, 0.6) is 11.5 Å². The van der Waals surface area contributed by atoms with Gasteiger partial charge >= 0.3 is 0 Å². The summed E-state index contributed by atoms with van der Waals surface area (Å²) in [6, 6.07) is 6.27. The van der Waals surface area contributed by atoms with E-state index in [9.17, 15) is 0 Å². The van der Waals surface area contributed by atoms with E-state index in [1.807, 2.05) is 6.07 Å². The summed E-state index contributed by atoms with van der Waals surface area (Å²) in [7, 11) is 0. The molecular formula is C15H22N2O2. The van der Waals surface area contributed by atoms with E-state index < -0.39 is 0 Å². The van der Waals surface area contributed by atoms with E-state index in [0.717, 1.165) is 37.7 Å². The fourth-order valence-corrected chi connectivity index (χ4v) is 2.82. The largest absolute Gasteiger partial charge is 0.454 e. The number of ether oxygens (including phenoxy) is 2. The molecular weight excluding hydrogens is 240 g/mol. The zero-order valence-electron chi connectivity index (χ0n) is 11.7. The van der Waals surface area contributed by atoms with Crippen molar-refractivity contribution >= 4 is 5.69 Å². The summed E-state index contributed by atoms with van der Waals surface area (Å²) in [5.41, 5.74) is 1.24. The molecule has 19 heavy (non-hydrogen) atoms.